The number of carbonyl (C=O) groups is 3. The average Bonchev–Trinajstić information content (AvgIpc) is 3.34. The quantitative estimate of drug-likeness (QED) is 0.175. The Labute approximate surface area is 201 Å². The summed E-state index contributed by atoms with van der Waals surface area (Å²) in [7, 11) is 0. The molecule has 1 fully saturated rings. The van der Waals surface area contributed by atoms with Crippen molar-refractivity contribution in [2.24, 2.45) is 11.6 Å². The molecule has 2 amide bonds. The Hall–Kier alpha value is -3.73. The van der Waals surface area contributed by atoms with Crippen LogP contribution in [0.25, 0.3) is 0 Å². The second-order valence-corrected chi connectivity index (χ2v) is 8.29. The van der Waals surface area contributed by atoms with Gasteiger partial charge in [-0.05, 0) is 50.3 Å². The lowest BCUT2D eigenvalue weighted by Crippen LogP contribution is -2.45. The molecule has 0 bridgehead atoms. The Balaban J connectivity index is 0.00000167. The van der Waals surface area contributed by atoms with E-state index in [0.717, 1.165) is 12.1 Å². The number of hydrazine groups is 1. The van der Waals surface area contributed by atoms with Gasteiger partial charge in [-0.3, -0.25) is 20.2 Å². The Morgan fingerprint density at radius 2 is 1.74 bits per heavy atom. The summed E-state index contributed by atoms with van der Waals surface area (Å²) >= 11 is 0. The molecule has 1 aliphatic heterocycles. The Morgan fingerprint density at radius 3 is 2.31 bits per heavy atom. The van der Waals surface area contributed by atoms with Gasteiger partial charge in [0.2, 0.25) is 0 Å². The maximum absolute atomic E-state index is 13.5. The maximum Gasteiger partial charge on any atom is 0.293 e. The van der Waals surface area contributed by atoms with Crippen LogP contribution >= 0.6 is 0 Å². The summed E-state index contributed by atoms with van der Waals surface area (Å²) in [6.45, 7) is 6.06. The fourth-order valence-corrected chi connectivity index (χ4v) is 4.36. The summed E-state index contributed by atoms with van der Waals surface area (Å²) < 4.78 is 28.7. The monoisotopic (exact) mass is 488 g/mol. The second kappa shape index (κ2) is 10.3. The molecule has 0 atom stereocenters. The van der Waals surface area contributed by atoms with E-state index in [9.17, 15) is 23.2 Å². The van der Waals surface area contributed by atoms with Crippen molar-refractivity contribution < 1.29 is 23.2 Å². The topological polar surface area (TPSA) is 144 Å². The van der Waals surface area contributed by atoms with Gasteiger partial charge in [0.05, 0.1) is 16.8 Å². The van der Waals surface area contributed by atoms with Gasteiger partial charge >= 0.3 is 0 Å². The zero-order chi connectivity index (χ0) is 25.9. The number of Topliss-reactive ketones (excluding diaryl/α,β-unsaturated/α-hetero) is 1. The van der Waals surface area contributed by atoms with Crippen LogP contribution in [0.5, 0.6) is 0 Å². The molecule has 35 heavy (non-hydrogen) atoms. The molecular weight excluding hydrogens is 458 g/mol. The first-order valence-corrected chi connectivity index (χ1v) is 11.5. The number of halogens is 2. The van der Waals surface area contributed by atoms with E-state index in [1.165, 1.54) is 6.20 Å². The highest BCUT2D eigenvalue weighted by Crippen LogP contribution is 2.40. The number of hydrogen-bond donors (Lipinski definition) is 5. The lowest BCUT2D eigenvalue weighted by Gasteiger charge is -2.17. The number of nitrogens with zero attached hydrogens (tertiary/aromatic N) is 1. The molecule has 11 heteroatoms. The van der Waals surface area contributed by atoms with Crippen molar-refractivity contribution in [3.05, 3.63) is 64.2 Å². The molecule has 1 aliphatic carbocycles. The van der Waals surface area contributed by atoms with Crippen molar-refractivity contribution in [1.82, 2.24) is 15.3 Å². The van der Waals surface area contributed by atoms with Gasteiger partial charge in [0.15, 0.2) is 0 Å². The van der Waals surface area contributed by atoms with E-state index in [-0.39, 0.29) is 16.9 Å². The number of aromatic nitrogens is 1. The van der Waals surface area contributed by atoms with Crippen molar-refractivity contribution >= 4 is 23.3 Å². The van der Waals surface area contributed by atoms with Crippen LogP contribution < -0.4 is 27.6 Å². The fraction of sp³-hybridized carbons (Fsp3) is 0.375. The fourth-order valence-electron chi connectivity index (χ4n) is 4.36. The molecule has 1 saturated carbocycles. The Kier molecular flexibility index (Phi) is 7.59. The molecular formula is C24H30F2N6O3. The molecule has 0 radical (unpaired) electrons. The lowest BCUT2D eigenvalue weighted by molar-refractivity contribution is -0.117. The Bertz CT molecular complexity index is 1180. The van der Waals surface area contributed by atoms with E-state index in [4.69, 9.17) is 11.6 Å². The maximum atomic E-state index is 13.5. The first-order chi connectivity index (χ1) is 16.7. The number of nitrogens with two attached hydrogens (primary N) is 2. The van der Waals surface area contributed by atoms with E-state index in [1.807, 2.05) is 13.8 Å². The summed E-state index contributed by atoms with van der Waals surface area (Å²) in [6, 6.07) is 2.68. The van der Waals surface area contributed by atoms with Gasteiger partial charge in [-0.15, -0.1) is 0 Å². The van der Waals surface area contributed by atoms with Gasteiger partial charge < -0.3 is 26.4 Å². The molecule has 1 aromatic heterocycles. The van der Waals surface area contributed by atoms with E-state index >= 15 is 0 Å². The zero-order valence-electron chi connectivity index (χ0n) is 19.9. The molecule has 2 aliphatic rings. The van der Waals surface area contributed by atoms with Gasteiger partial charge in [0.25, 0.3) is 17.6 Å². The van der Waals surface area contributed by atoms with E-state index in [2.05, 4.69) is 16.1 Å². The van der Waals surface area contributed by atoms with Gasteiger partial charge in [-0.25, -0.2) is 8.78 Å². The number of anilines is 1. The number of nitrogens with one attached hydrogen (secondary N) is 3. The molecule has 188 valence electrons. The van der Waals surface area contributed by atoms with Crippen molar-refractivity contribution in [2.45, 2.75) is 58.5 Å². The largest absolute Gasteiger partial charge is 0.399 e. The Morgan fingerprint density at radius 1 is 1.11 bits per heavy atom. The molecule has 0 saturated heterocycles. The molecule has 7 N–H and O–H groups in total. The van der Waals surface area contributed by atoms with Gasteiger partial charge in [0, 0.05) is 30.2 Å². The average molecular weight is 489 g/mol. The number of ketones is 1. The molecule has 1 aromatic carbocycles. The third-order valence-electron chi connectivity index (χ3n) is 6.07. The predicted molar refractivity (Wildman–Crippen MR) is 127 cm³/mol. The normalized spacial score (nSPS) is 15.4. The first kappa shape index (κ1) is 25.9. The van der Waals surface area contributed by atoms with Crippen LogP contribution in [0.15, 0.2) is 30.1 Å². The van der Waals surface area contributed by atoms with Crippen LogP contribution in [-0.4, -0.2) is 27.7 Å². The SMILES string of the molecule is CC.Cc1c(C(=O)C(=O)NC2(/C(N)=C/NN)CC2)c2n(c1C(=O)Nc1cc(F)cc(F)c1)CCC2. The van der Waals surface area contributed by atoms with E-state index in [0.29, 0.717) is 55.2 Å². The van der Waals surface area contributed by atoms with Crippen molar-refractivity contribution in [1.29, 1.82) is 0 Å². The first-order valence-electron chi connectivity index (χ1n) is 11.5. The zero-order valence-corrected chi connectivity index (χ0v) is 19.9. The van der Waals surface area contributed by atoms with Gasteiger partial charge in [-0.2, -0.15) is 0 Å². The summed E-state index contributed by atoms with van der Waals surface area (Å²) in [6.07, 6.45) is 3.70. The summed E-state index contributed by atoms with van der Waals surface area (Å²) in [5.74, 6) is 1.36. The van der Waals surface area contributed by atoms with Crippen LogP contribution in [0, 0.1) is 18.6 Å². The number of fused-ring (bicyclic) bond motifs is 1. The smallest absolute Gasteiger partial charge is 0.293 e. The van der Waals surface area contributed by atoms with Gasteiger partial charge in [-0.1, -0.05) is 13.8 Å². The van der Waals surface area contributed by atoms with Crippen molar-refractivity contribution in [3.63, 3.8) is 0 Å². The third-order valence-corrected chi connectivity index (χ3v) is 6.07. The standard InChI is InChI=1S/C22H24F2N6O3.C2H6/c1-11-17(19(31)21(33)29-22(4-5-22)16(25)10-27-26)15-3-2-6-30(15)18(11)20(32)28-14-8-12(23)7-13(24)9-14;1-2/h7-10,27H,2-6,25-26H2,1H3,(H,28,32)(H,29,33);1-2H3/b16-10-;. The number of amides is 2. The highest BCUT2D eigenvalue weighted by atomic mass is 19.1. The predicted octanol–water partition coefficient (Wildman–Crippen LogP) is 2.39. The van der Waals surface area contributed by atoms with Crippen LogP contribution in [0.3, 0.4) is 0 Å². The molecule has 9 nitrogen and oxygen atoms in total. The molecule has 2 aromatic rings. The number of benzene rings is 1. The highest BCUT2D eigenvalue weighted by molar-refractivity contribution is 6.44. The number of carbonyl (C=O) groups excluding carboxylic acids is 3. The van der Waals surface area contributed by atoms with Crippen LogP contribution in [-0.2, 0) is 17.8 Å². The number of rotatable bonds is 7. The summed E-state index contributed by atoms with van der Waals surface area (Å²) in [5.41, 5.74) is 8.96. The molecule has 2 heterocycles. The highest BCUT2D eigenvalue weighted by Gasteiger charge is 2.48. The van der Waals surface area contributed by atoms with Crippen molar-refractivity contribution in [2.75, 3.05) is 5.32 Å². The molecule has 0 spiro atoms. The third kappa shape index (κ3) is 5.04. The van der Waals surface area contributed by atoms with E-state index in [1.54, 1.807) is 11.5 Å². The van der Waals surface area contributed by atoms with Crippen LogP contribution in [0.4, 0.5) is 14.5 Å². The second-order valence-electron chi connectivity index (χ2n) is 8.29. The molecule has 0 unspecified atom stereocenters. The summed E-state index contributed by atoms with van der Waals surface area (Å²) in [4.78, 5) is 38.9. The van der Waals surface area contributed by atoms with Crippen LogP contribution in [0.1, 0.15) is 65.2 Å². The minimum absolute atomic E-state index is 0.0532. The summed E-state index contributed by atoms with van der Waals surface area (Å²) in [5, 5.41) is 5.16. The minimum atomic E-state index is -0.831. The molecule has 4 rings (SSSR count). The lowest BCUT2D eigenvalue weighted by atomic mass is 10.0. The van der Waals surface area contributed by atoms with Gasteiger partial charge in [0.1, 0.15) is 17.3 Å². The number of hydrogen-bond acceptors (Lipinski definition) is 6. The van der Waals surface area contributed by atoms with Crippen molar-refractivity contribution in [3.8, 4) is 0 Å². The van der Waals surface area contributed by atoms with Crippen LogP contribution in [0.2, 0.25) is 0 Å². The minimum Gasteiger partial charge on any atom is -0.399 e. The van der Waals surface area contributed by atoms with E-state index < -0.39 is 34.8 Å².